The number of carboxylic acids is 1. The van der Waals surface area contributed by atoms with E-state index in [1.807, 2.05) is 30.3 Å². The summed E-state index contributed by atoms with van der Waals surface area (Å²) in [5.41, 5.74) is 0.962. The van der Waals surface area contributed by atoms with E-state index in [9.17, 15) is 4.79 Å². The van der Waals surface area contributed by atoms with E-state index in [0.29, 0.717) is 6.61 Å². The lowest BCUT2D eigenvalue weighted by Crippen LogP contribution is -2.21. The number of ether oxygens (including phenoxy) is 1. The van der Waals surface area contributed by atoms with Gasteiger partial charge in [0.2, 0.25) is 0 Å². The van der Waals surface area contributed by atoms with Crippen molar-refractivity contribution < 1.29 is 14.6 Å². The fourth-order valence-corrected chi connectivity index (χ4v) is 1.15. The molecule has 0 aliphatic heterocycles. The van der Waals surface area contributed by atoms with Crippen LogP contribution >= 0.6 is 0 Å². The van der Waals surface area contributed by atoms with Gasteiger partial charge in [0.25, 0.3) is 0 Å². The average Bonchev–Trinajstić information content (AvgIpc) is 2.25. The van der Waals surface area contributed by atoms with E-state index in [1.165, 1.54) is 0 Å². The Hall–Kier alpha value is -1.61. The largest absolute Gasteiger partial charge is 0.479 e. The summed E-state index contributed by atoms with van der Waals surface area (Å²) in [7, 11) is 0. The predicted octanol–water partition coefficient (Wildman–Crippen LogP) is 2.19. The highest BCUT2D eigenvalue weighted by Crippen LogP contribution is 2.04. The van der Waals surface area contributed by atoms with Gasteiger partial charge in [-0.15, -0.1) is 0 Å². The number of carbonyl (C=O) groups is 1. The van der Waals surface area contributed by atoms with Crippen LogP contribution in [0.15, 0.2) is 36.4 Å². The summed E-state index contributed by atoms with van der Waals surface area (Å²) in [5, 5.41) is 8.81. The van der Waals surface area contributed by atoms with Crippen LogP contribution in [0.3, 0.4) is 0 Å². The van der Waals surface area contributed by atoms with Gasteiger partial charge in [-0.05, 0) is 18.6 Å². The molecule has 80 valence electrons. The fourth-order valence-electron chi connectivity index (χ4n) is 1.15. The second kappa shape index (κ2) is 5.98. The third-order valence-corrected chi connectivity index (χ3v) is 1.85. The van der Waals surface area contributed by atoms with Gasteiger partial charge in [-0.2, -0.15) is 0 Å². The maximum Gasteiger partial charge on any atom is 0.336 e. The number of aliphatic carboxylic acids is 1. The van der Waals surface area contributed by atoms with Crippen molar-refractivity contribution in [3.63, 3.8) is 0 Å². The smallest absolute Gasteiger partial charge is 0.336 e. The predicted molar refractivity (Wildman–Crippen MR) is 58.5 cm³/mol. The molecule has 0 amide bonds. The minimum atomic E-state index is -0.968. The number of rotatable bonds is 5. The van der Waals surface area contributed by atoms with Crippen molar-refractivity contribution in [2.24, 2.45) is 0 Å². The van der Waals surface area contributed by atoms with Gasteiger partial charge in [0.15, 0.2) is 6.10 Å². The second-order valence-electron chi connectivity index (χ2n) is 2.98. The minimum absolute atomic E-state index is 0.385. The van der Waals surface area contributed by atoms with Crippen LogP contribution in [0.4, 0.5) is 0 Å². The van der Waals surface area contributed by atoms with E-state index in [0.717, 1.165) is 5.56 Å². The molecule has 15 heavy (non-hydrogen) atoms. The quantitative estimate of drug-likeness (QED) is 0.803. The van der Waals surface area contributed by atoms with Crippen LogP contribution in [0, 0.1) is 0 Å². The summed E-state index contributed by atoms with van der Waals surface area (Å²) in [6.45, 7) is 2.16. The molecule has 0 saturated carbocycles. The molecule has 0 spiro atoms. The van der Waals surface area contributed by atoms with Crippen LogP contribution < -0.4 is 0 Å². The highest BCUT2D eigenvalue weighted by atomic mass is 16.5. The lowest BCUT2D eigenvalue weighted by molar-refractivity contribution is -0.146. The molecule has 1 aromatic carbocycles. The summed E-state index contributed by atoms with van der Waals surface area (Å²) in [6.07, 6.45) is 2.42. The molecule has 0 saturated heterocycles. The van der Waals surface area contributed by atoms with Crippen LogP contribution in [0.25, 0.3) is 6.08 Å². The van der Waals surface area contributed by atoms with E-state index >= 15 is 0 Å². The van der Waals surface area contributed by atoms with Crippen LogP contribution in [0.1, 0.15) is 12.5 Å². The van der Waals surface area contributed by atoms with Crippen LogP contribution in [0.5, 0.6) is 0 Å². The Kier molecular flexibility index (Phi) is 4.57. The third-order valence-electron chi connectivity index (χ3n) is 1.85. The lowest BCUT2D eigenvalue weighted by Gasteiger charge is -2.06. The summed E-state index contributed by atoms with van der Waals surface area (Å²) in [4.78, 5) is 10.7. The molecule has 1 aromatic rings. The van der Waals surface area contributed by atoms with E-state index in [4.69, 9.17) is 9.84 Å². The first kappa shape index (κ1) is 11.5. The third kappa shape index (κ3) is 3.95. The van der Waals surface area contributed by atoms with Crippen molar-refractivity contribution in [2.75, 3.05) is 6.61 Å². The van der Waals surface area contributed by atoms with Crippen molar-refractivity contribution in [2.45, 2.75) is 13.0 Å². The second-order valence-corrected chi connectivity index (χ2v) is 2.98. The summed E-state index contributed by atoms with van der Waals surface area (Å²) in [6, 6.07) is 9.52. The maximum atomic E-state index is 10.7. The Bertz CT molecular complexity index is 330. The highest BCUT2D eigenvalue weighted by molar-refractivity contribution is 5.76. The normalized spacial score (nSPS) is 12.9. The van der Waals surface area contributed by atoms with Crippen LogP contribution in [-0.4, -0.2) is 23.8 Å². The molecule has 0 aliphatic rings. The Labute approximate surface area is 89.0 Å². The van der Waals surface area contributed by atoms with E-state index < -0.39 is 12.1 Å². The molecule has 0 bridgehead atoms. The molecular formula is C12H14O3. The minimum Gasteiger partial charge on any atom is -0.479 e. The van der Waals surface area contributed by atoms with Gasteiger partial charge in [0, 0.05) is 6.61 Å². The van der Waals surface area contributed by atoms with Crippen molar-refractivity contribution in [3.8, 4) is 0 Å². The topological polar surface area (TPSA) is 46.5 Å². The monoisotopic (exact) mass is 206 g/mol. The molecule has 3 heteroatoms. The Morgan fingerprint density at radius 2 is 2.13 bits per heavy atom. The molecule has 1 unspecified atom stereocenters. The molecule has 0 radical (unpaired) electrons. The molecular weight excluding hydrogens is 192 g/mol. The zero-order valence-electron chi connectivity index (χ0n) is 8.59. The molecule has 0 heterocycles. The van der Waals surface area contributed by atoms with Crippen LogP contribution in [-0.2, 0) is 9.53 Å². The van der Waals surface area contributed by atoms with Gasteiger partial charge in [0.05, 0.1) is 0 Å². The first-order valence-corrected chi connectivity index (χ1v) is 4.81. The lowest BCUT2D eigenvalue weighted by atomic mass is 10.2. The van der Waals surface area contributed by atoms with Crippen LogP contribution in [0.2, 0.25) is 0 Å². The van der Waals surface area contributed by atoms with Crippen molar-refractivity contribution in [1.29, 1.82) is 0 Å². The zero-order valence-corrected chi connectivity index (χ0v) is 8.59. The van der Waals surface area contributed by atoms with E-state index in [2.05, 4.69) is 0 Å². The first-order valence-electron chi connectivity index (χ1n) is 4.81. The Morgan fingerprint density at radius 3 is 2.67 bits per heavy atom. The number of carboxylic acid groups (broad SMARTS) is 1. The molecule has 0 fully saturated rings. The molecule has 0 aliphatic carbocycles. The molecule has 1 atom stereocenters. The SMILES string of the molecule is CCOC(C=Cc1ccccc1)C(=O)O. The van der Waals surface area contributed by atoms with Crippen molar-refractivity contribution in [3.05, 3.63) is 42.0 Å². The molecule has 1 rings (SSSR count). The highest BCUT2D eigenvalue weighted by Gasteiger charge is 2.12. The Morgan fingerprint density at radius 1 is 1.47 bits per heavy atom. The Balaban J connectivity index is 2.65. The fraction of sp³-hybridized carbons (Fsp3) is 0.250. The van der Waals surface area contributed by atoms with Gasteiger partial charge < -0.3 is 9.84 Å². The average molecular weight is 206 g/mol. The number of hydrogen-bond acceptors (Lipinski definition) is 2. The standard InChI is InChI=1S/C12H14O3/c1-2-15-11(12(13)14)9-8-10-6-4-3-5-7-10/h3-9,11H,2H2,1H3,(H,13,14). The van der Waals surface area contributed by atoms with Gasteiger partial charge in [0.1, 0.15) is 0 Å². The molecule has 0 aromatic heterocycles. The number of hydrogen-bond donors (Lipinski definition) is 1. The van der Waals surface area contributed by atoms with Crippen molar-refractivity contribution in [1.82, 2.24) is 0 Å². The van der Waals surface area contributed by atoms with E-state index in [1.54, 1.807) is 19.1 Å². The maximum absolute atomic E-state index is 10.7. The molecule has 1 N–H and O–H groups in total. The van der Waals surface area contributed by atoms with Gasteiger partial charge >= 0.3 is 5.97 Å². The van der Waals surface area contributed by atoms with Gasteiger partial charge in [-0.3, -0.25) is 0 Å². The summed E-state index contributed by atoms with van der Waals surface area (Å²) < 4.78 is 5.04. The van der Waals surface area contributed by atoms with E-state index in [-0.39, 0.29) is 0 Å². The molecule has 3 nitrogen and oxygen atoms in total. The summed E-state index contributed by atoms with van der Waals surface area (Å²) >= 11 is 0. The van der Waals surface area contributed by atoms with Gasteiger partial charge in [-0.1, -0.05) is 36.4 Å². The number of benzene rings is 1. The van der Waals surface area contributed by atoms with Gasteiger partial charge in [-0.25, -0.2) is 4.79 Å². The van der Waals surface area contributed by atoms with Crippen molar-refractivity contribution >= 4 is 12.0 Å². The summed E-state index contributed by atoms with van der Waals surface area (Å²) in [5.74, 6) is -0.968. The zero-order chi connectivity index (χ0) is 11.1. The first-order chi connectivity index (χ1) is 7.24.